The van der Waals surface area contributed by atoms with Crippen LogP contribution >= 0.6 is 0 Å². The van der Waals surface area contributed by atoms with Crippen LogP contribution in [0.1, 0.15) is 42.7 Å². The fourth-order valence-corrected chi connectivity index (χ4v) is 2.67. The molecule has 2 rings (SSSR count). The van der Waals surface area contributed by atoms with E-state index in [1.807, 2.05) is 20.8 Å². The molecule has 0 bridgehead atoms. The minimum Gasteiger partial charge on any atom is -0.490 e. The zero-order valence-corrected chi connectivity index (χ0v) is 16.2. The molecule has 0 aromatic heterocycles. The molecule has 1 amide bonds. The monoisotopic (exact) mass is 387 g/mol. The highest BCUT2D eigenvalue weighted by Gasteiger charge is 2.24. The van der Waals surface area contributed by atoms with E-state index in [9.17, 15) is 14.7 Å². The SMILES string of the molecule is CCOc1cc(C(=O)NC(C(=O)O)c2ccccc2)cc(OCC)c1OCC. The van der Waals surface area contributed by atoms with Gasteiger partial charge in [-0.3, -0.25) is 4.79 Å². The van der Waals surface area contributed by atoms with Crippen molar-refractivity contribution in [2.45, 2.75) is 26.8 Å². The van der Waals surface area contributed by atoms with Gasteiger partial charge in [-0.05, 0) is 38.5 Å². The highest BCUT2D eigenvalue weighted by Crippen LogP contribution is 2.39. The highest BCUT2D eigenvalue weighted by molar-refractivity contribution is 5.98. The first kappa shape index (κ1) is 21.1. The molecular formula is C21H25NO6. The van der Waals surface area contributed by atoms with E-state index in [4.69, 9.17) is 14.2 Å². The van der Waals surface area contributed by atoms with E-state index < -0.39 is 17.9 Å². The van der Waals surface area contributed by atoms with Gasteiger partial charge in [0.2, 0.25) is 5.75 Å². The van der Waals surface area contributed by atoms with Gasteiger partial charge >= 0.3 is 5.97 Å². The fraction of sp³-hybridized carbons (Fsp3) is 0.333. The third-order valence-corrected chi connectivity index (χ3v) is 3.83. The minimum atomic E-state index is -1.17. The molecule has 0 fully saturated rings. The minimum absolute atomic E-state index is 0.220. The summed E-state index contributed by atoms with van der Waals surface area (Å²) in [5.41, 5.74) is 0.696. The van der Waals surface area contributed by atoms with Gasteiger partial charge in [-0.15, -0.1) is 0 Å². The molecule has 0 heterocycles. The maximum absolute atomic E-state index is 12.8. The Morgan fingerprint density at radius 2 is 1.46 bits per heavy atom. The van der Waals surface area contributed by atoms with Gasteiger partial charge < -0.3 is 24.6 Å². The number of hydrogen-bond donors (Lipinski definition) is 2. The Bertz CT molecular complexity index is 779. The number of hydrogen-bond acceptors (Lipinski definition) is 5. The molecule has 0 aliphatic heterocycles. The number of ether oxygens (including phenoxy) is 3. The molecule has 0 saturated heterocycles. The van der Waals surface area contributed by atoms with Crippen molar-refractivity contribution in [1.29, 1.82) is 0 Å². The van der Waals surface area contributed by atoms with Crippen molar-refractivity contribution in [3.05, 3.63) is 53.6 Å². The lowest BCUT2D eigenvalue weighted by Gasteiger charge is -2.18. The molecule has 0 aliphatic rings. The lowest BCUT2D eigenvalue weighted by atomic mass is 10.1. The van der Waals surface area contributed by atoms with E-state index in [2.05, 4.69) is 5.32 Å². The van der Waals surface area contributed by atoms with Crippen molar-refractivity contribution >= 4 is 11.9 Å². The van der Waals surface area contributed by atoms with Crippen LogP contribution < -0.4 is 19.5 Å². The van der Waals surface area contributed by atoms with Crippen LogP contribution in [0.25, 0.3) is 0 Å². The van der Waals surface area contributed by atoms with Crippen LogP contribution in [0.4, 0.5) is 0 Å². The van der Waals surface area contributed by atoms with Crippen LogP contribution in [-0.4, -0.2) is 36.8 Å². The number of nitrogens with one attached hydrogen (secondary N) is 1. The second kappa shape index (κ2) is 10.2. The van der Waals surface area contributed by atoms with Gasteiger partial charge in [0, 0.05) is 5.56 Å². The van der Waals surface area contributed by atoms with Crippen LogP contribution in [0.2, 0.25) is 0 Å². The number of carbonyl (C=O) groups excluding carboxylic acids is 1. The van der Waals surface area contributed by atoms with Crippen molar-refractivity contribution in [1.82, 2.24) is 5.32 Å². The molecule has 150 valence electrons. The predicted molar refractivity (Wildman–Crippen MR) is 104 cm³/mol. The first-order chi connectivity index (χ1) is 13.5. The first-order valence-corrected chi connectivity index (χ1v) is 9.16. The Balaban J connectivity index is 2.39. The number of carboxylic acid groups (broad SMARTS) is 1. The third kappa shape index (κ3) is 5.16. The maximum atomic E-state index is 12.8. The molecule has 0 aliphatic carbocycles. The molecule has 28 heavy (non-hydrogen) atoms. The summed E-state index contributed by atoms with van der Waals surface area (Å²) in [6.45, 7) is 6.62. The van der Waals surface area contributed by atoms with Gasteiger partial charge in [-0.1, -0.05) is 30.3 Å². The van der Waals surface area contributed by atoms with Gasteiger partial charge in [0.15, 0.2) is 17.5 Å². The summed E-state index contributed by atoms with van der Waals surface area (Å²) < 4.78 is 16.8. The van der Waals surface area contributed by atoms with Gasteiger partial charge in [0.05, 0.1) is 19.8 Å². The number of amides is 1. The second-order valence-corrected chi connectivity index (χ2v) is 5.76. The first-order valence-electron chi connectivity index (χ1n) is 9.16. The topological polar surface area (TPSA) is 94.1 Å². The number of carbonyl (C=O) groups is 2. The Morgan fingerprint density at radius 1 is 0.929 bits per heavy atom. The van der Waals surface area contributed by atoms with Crippen LogP contribution in [0.3, 0.4) is 0 Å². The van der Waals surface area contributed by atoms with E-state index in [0.717, 1.165) is 0 Å². The number of benzene rings is 2. The number of carboxylic acids is 1. The molecule has 1 unspecified atom stereocenters. The van der Waals surface area contributed by atoms with Crippen molar-refractivity contribution < 1.29 is 28.9 Å². The van der Waals surface area contributed by atoms with Gasteiger partial charge in [0.1, 0.15) is 0 Å². The molecule has 0 saturated carbocycles. The average molecular weight is 387 g/mol. The summed E-state index contributed by atoms with van der Waals surface area (Å²) in [5.74, 6) is -0.554. The van der Waals surface area contributed by atoms with E-state index >= 15 is 0 Å². The third-order valence-electron chi connectivity index (χ3n) is 3.83. The lowest BCUT2D eigenvalue weighted by molar-refractivity contribution is -0.139. The molecular weight excluding hydrogens is 362 g/mol. The number of aliphatic carboxylic acids is 1. The van der Waals surface area contributed by atoms with E-state index in [0.29, 0.717) is 42.6 Å². The molecule has 2 aromatic rings. The largest absolute Gasteiger partial charge is 0.490 e. The van der Waals surface area contributed by atoms with Gasteiger partial charge in [-0.25, -0.2) is 4.79 Å². The summed E-state index contributed by atoms with van der Waals surface area (Å²) in [5, 5.41) is 12.1. The molecule has 7 nitrogen and oxygen atoms in total. The van der Waals surface area contributed by atoms with Crippen LogP contribution in [-0.2, 0) is 4.79 Å². The summed E-state index contributed by atoms with van der Waals surface area (Å²) >= 11 is 0. The van der Waals surface area contributed by atoms with Crippen LogP contribution in [0, 0.1) is 0 Å². The average Bonchev–Trinajstić information content (AvgIpc) is 2.69. The molecule has 2 aromatic carbocycles. The van der Waals surface area contributed by atoms with Crippen molar-refractivity contribution in [2.24, 2.45) is 0 Å². The van der Waals surface area contributed by atoms with Gasteiger partial charge in [-0.2, -0.15) is 0 Å². The van der Waals surface area contributed by atoms with Crippen molar-refractivity contribution in [2.75, 3.05) is 19.8 Å². The normalized spacial score (nSPS) is 11.4. The number of rotatable bonds is 10. The van der Waals surface area contributed by atoms with Crippen molar-refractivity contribution in [3.8, 4) is 17.2 Å². The molecule has 2 N–H and O–H groups in total. The standard InChI is InChI=1S/C21H25NO6/c1-4-26-16-12-15(13-17(27-5-2)19(16)28-6-3)20(23)22-18(21(24)25)14-10-8-7-9-11-14/h7-13,18H,4-6H2,1-3H3,(H,22,23)(H,24,25). The fourth-order valence-electron chi connectivity index (χ4n) is 2.67. The lowest BCUT2D eigenvalue weighted by Crippen LogP contribution is -2.33. The second-order valence-electron chi connectivity index (χ2n) is 5.76. The summed E-state index contributed by atoms with van der Waals surface area (Å²) in [4.78, 5) is 24.4. The summed E-state index contributed by atoms with van der Waals surface area (Å²) in [6.07, 6.45) is 0. The summed E-state index contributed by atoms with van der Waals surface area (Å²) in [7, 11) is 0. The highest BCUT2D eigenvalue weighted by atomic mass is 16.5. The molecule has 0 radical (unpaired) electrons. The summed E-state index contributed by atoms with van der Waals surface area (Å²) in [6, 6.07) is 10.4. The Hall–Kier alpha value is -3.22. The van der Waals surface area contributed by atoms with Crippen LogP contribution in [0.5, 0.6) is 17.2 Å². The van der Waals surface area contributed by atoms with E-state index in [1.54, 1.807) is 30.3 Å². The predicted octanol–water partition coefficient (Wildman–Crippen LogP) is 3.44. The van der Waals surface area contributed by atoms with E-state index in [-0.39, 0.29) is 5.56 Å². The van der Waals surface area contributed by atoms with Crippen molar-refractivity contribution in [3.63, 3.8) is 0 Å². The quantitative estimate of drug-likeness (QED) is 0.649. The molecule has 0 spiro atoms. The van der Waals surface area contributed by atoms with E-state index in [1.165, 1.54) is 12.1 Å². The Labute approximate surface area is 164 Å². The Kier molecular flexibility index (Phi) is 7.68. The van der Waals surface area contributed by atoms with Crippen LogP contribution in [0.15, 0.2) is 42.5 Å². The zero-order chi connectivity index (χ0) is 20.5. The molecule has 1 atom stereocenters. The maximum Gasteiger partial charge on any atom is 0.330 e. The Morgan fingerprint density at radius 3 is 1.93 bits per heavy atom. The smallest absolute Gasteiger partial charge is 0.330 e. The molecule has 7 heteroatoms. The zero-order valence-electron chi connectivity index (χ0n) is 16.2. The van der Waals surface area contributed by atoms with Gasteiger partial charge in [0.25, 0.3) is 5.91 Å².